The molecule has 0 saturated carbocycles. The molecule has 2 N–H and O–H groups in total. The van der Waals surface area contributed by atoms with Crippen LogP contribution in [-0.2, 0) is 0 Å². The fourth-order valence-electron chi connectivity index (χ4n) is 2.89. The van der Waals surface area contributed by atoms with Crippen LogP contribution in [-0.4, -0.2) is 17.7 Å². The third kappa shape index (κ3) is 3.60. The number of hydrogen-bond donors (Lipinski definition) is 2. The number of amides is 2. The molecule has 7 heteroatoms. The first-order valence-electron chi connectivity index (χ1n) is 8.41. The van der Waals surface area contributed by atoms with Crippen molar-refractivity contribution in [3.8, 4) is 11.1 Å². The lowest BCUT2D eigenvalue weighted by atomic mass is 10.0. The molecular formula is C21H15FN4OS. The molecule has 2 aromatic carbocycles. The fourth-order valence-corrected chi connectivity index (χ4v) is 3.85. The van der Waals surface area contributed by atoms with Crippen molar-refractivity contribution in [1.82, 2.24) is 4.98 Å². The van der Waals surface area contributed by atoms with E-state index in [-0.39, 0.29) is 0 Å². The van der Waals surface area contributed by atoms with Crippen LogP contribution >= 0.6 is 11.3 Å². The second-order valence-corrected chi connectivity index (χ2v) is 6.89. The molecule has 0 spiro atoms. The number of aliphatic imine (C=N–C) groups is 1. The summed E-state index contributed by atoms with van der Waals surface area (Å²) in [6, 6.07) is 14.7. The van der Waals surface area contributed by atoms with Gasteiger partial charge >= 0.3 is 6.03 Å². The van der Waals surface area contributed by atoms with E-state index >= 15 is 0 Å². The number of aromatic nitrogens is 1. The van der Waals surface area contributed by atoms with Gasteiger partial charge in [0.2, 0.25) is 0 Å². The fraction of sp³-hybridized carbons (Fsp3) is 0. The Hall–Kier alpha value is -3.58. The SMILES string of the molecule is C=Nc1nccc2scc(-c3ccc(NC(=O)Nc4cccc(F)c4)cc3)c12. The molecule has 2 amide bonds. The Labute approximate surface area is 164 Å². The van der Waals surface area contributed by atoms with Gasteiger partial charge < -0.3 is 10.6 Å². The Morgan fingerprint density at radius 2 is 1.86 bits per heavy atom. The van der Waals surface area contributed by atoms with Gasteiger partial charge in [-0.2, -0.15) is 0 Å². The van der Waals surface area contributed by atoms with Crippen LogP contribution in [0.4, 0.5) is 26.4 Å². The van der Waals surface area contributed by atoms with Gasteiger partial charge in [0, 0.05) is 33.2 Å². The van der Waals surface area contributed by atoms with Crippen molar-refractivity contribution in [2.45, 2.75) is 0 Å². The van der Waals surface area contributed by atoms with Crippen LogP contribution in [0.3, 0.4) is 0 Å². The number of benzene rings is 2. The maximum atomic E-state index is 13.2. The minimum Gasteiger partial charge on any atom is -0.308 e. The van der Waals surface area contributed by atoms with Crippen LogP contribution in [0.1, 0.15) is 0 Å². The lowest BCUT2D eigenvalue weighted by Gasteiger charge is -2.09. The third-order valence-corrected chi connectivity index (χ3v) is 5.10. The number of thiophene rings is 1. The lowest BCUT2D eigenvalue weighted by molar-refractivity contribution is 0.262. The number of nitrogens with one attached hydrogen (secondary N) is 2. The summed E-state index contributed by atoms with van der Waals surface area (Å²) in [6.07, 6.45) is 1.72. The number of carbonyl (C=O) groups is 1. The number of hydrogen-bond acceptors (Lipinski definition) is 4. The average molecular weight is 390 g/mol. The van der Waals surface area contributed by atoms with Crippen molar-refractivity contribution in [2.75, 3.05) is 10.6 Å². The third-order valence-electron chi connectivity index (χ3n) is 4.15. The first kappa shape index (κ1) is 17.8. The molecule has 4 rings (SSSR count). The summed E-state index contributed by atoms with van der Waals surface area (Å²) in [4.78, 5) is 20.4. The minimum atomic E-state index is -0.443. The number of nitrogens with zero attached hydrogens (tertiary/aromatic N) is 2. The number of pyridine rings is 1. The first-order valence-corrected chi connectivity index (χ1v) is 9.29. The number of fused-ring (bicyclic) bond motifs is 1. The van der Waals surface area contributed by atoms with E-state index in [1.165, 1.54) is 18.2 Å². The average Bonchev–Trinajstić information content (AvgIpc) is 3.13. The normalized spacial score (nSPS) is 10.6. The summed E-state index contributed by atoms with van der Waals surface area (Å²) in [6.45, 7) is 3.60. The molecular weight excluding hydrogens is 375 g/mol. The summed E-state index contributed by atoms with van der Waals surface area (Å²) in [7, 11) is 0. The molecule has 0 aliphatic rings. The molecule has 0 aliphatic carbocycles. The monoisotopic (exact) mass is 390 g/mol. The van der Waals surface area contributed by atoms with Gasteiger partial charge in [-0.3, -0.25) is 0 Å². The van der Waals surface area contributed by atoms with Crippen molar-refractivity contribution >= 4 is 51.4 Å². The first-order chi connectivity index (χ1) is 13.6. The van der Waals surface area contributed by atoms with E-state index in [1.807, 2.05) is 18.2 Å². The zero-order valence-corrected chi connectivity index (χ0v) is 15.5. The topological polar surface area (TPSA) is 66.4 Å². The number of halogens is 1. The van der Waals surface area contributed by atoms with Crippen LogP contribution in [0.2, 0.25) is 0 Å². The van der Waals surface area contributed by atoms with E-state index in [0.29, 0.717) is 17.2 Å². The predicted molar refractivity (Wildman–Crippen MR) is 113 cm³/mol. The molecule has 0 unspecified atom stereocenters. The molecule has 2 aromatic heterocycles. The Morgan fingerprint density at radius 1 is 1.07 bits per heavy atom. The highest BCUT2D eigenvalue weighted by atomic mass is 32.1. The summed E-state index contributed by atoms with van der Waals surface area (Å²) in [5.74, 6) is 0.193. The predicted octanol–water partition coefficient (Wildman–Crippen LogP) is 6.08. The highest BCUT2D eigenvalue weighted by Crippen LogP contribution is 2.38. The van der Waals surface area contributed by atoms with E-state index in [2.05, 4.69) is 32.7 Å². The van der Waals surface area contributed by atoms with Crippen LogP contribution < -0.4 is 10.6 Å². The molecule has 138 valence electrons. The van der Waals surface area contributed by atoms with E-state index in [1.54, 1.807) is 35.7 Å². The maximum Gasteiger partial charge on any atom is 0.323 e. The largest absolute Gasteiger partial charge is 0.323 e. The Balaban J connectivity index is 1.53. The van der Waals surface area contributed by atoms with Crippen molar-refractivity contribution in [2.24, 2.45) is 4.99 Å². The second-order valence-electron chi connectivity index (χ2n) is 5.98. The summed E-state index contributed by atoms with van der Waals surface area (Å²) in [5.41, 5.74) is 3.01. The molecule has 0 saturated heterocycles. The molecule has 4 aromatic rings. The van der Waals surface area contributed by atoms with Gasteiger partial charge in [0.1, 0.15) is 5.82 Å². The number of carbonyl (C=O) groups excluding carboxylic acids is 1. The highest BCUT2D eigenvalue weighted by Gasteiger charge is 2.11. The van der Waals surface area contributed by atoms with Crippen LogP contribution in [0.25, 0.3) is 21.2 Å². The molecule has 0 radical (unpaired) electrons. The lowest BCUT2D eigenvalue weighted by Crippen LogP contribution is -2.19. The Kier molecular flexibility index (Phi) is 4.82. The van der Waals surface area contributed by atoms with E-state index in [4.69, 9.17) is 0 Å². The van der Waals surface area contributed by atoms with Gasteiger partial charge in [-0.05, 0) is 54.1 Å². The van der Waals surface area contributed by atoms with Crippen LogP contribution in [0.5, 0.6) is 0 Å². The molecule has 2 heterocycles. The molecule has 0 bridgehead atoms. The molecule has 5 nitrogen and oxygen atoms in total. The smallest absolute Gasteiger partial charge is 0.308 e. The Bertz CT molecular complexity index is 1170. The van der Waals surface area contributed by atoms with E-state index in [0.717, 1.165) is 21.2 Å². The van der Waals surface area contributed by atoms with Crippen molar-refractivity contribution < 1.29 is 9.18 Å². The van der Waals surface area contributed by atoms with Crippen molar-refractivity contribution in [3.05, 3.63) is 72.0 Å². The van der Waals surface area contributed by atoms with E-state index in [9.17, 15) is 9.18 Å². The van der Waals surface area contributed by atoms with Gasteiger partial charge in [-0.1, -0.05) is 18.2 Å². The minimum absolute atomic E-state index is 0.385. The quantitative estimate of drug-likeness (QED) is 0.415. The molecule has 0 aliphatic heterocycles. The zero-order valence-electron chi connectivity index (χ0n) is 14.6. The zero-order chi connectivity index (χ0) is 19.5. The number of rotatable bonds is 4. The maximum absolute atomic E-state index is 13.2. The van der Waals surface area contributed by atoms with Crippen LogP contribution in [0, 0.1) is 5.82 Å². The second kappa shape index (κ2) is 7.58. The van der Waals surface area contributed by atoms with Gasteiger partial charge in [0.25, 0.3) is 0 Å². The summed E-state index contributed by atoms with van der Waals surface area (Å²) < 4.78 is 14.3. The molecule has 0 fully saturated rings. The number of anilines is 2. The molecule has 28 heavy (non-hydrogen) atoms. The highest BCUT2D eigenvalue weighted by molar-refractivity contribution is 7.17. The molecule has 0 atom stereocenters. The van der Waals surface area contributed by atoms with Gasteiger partial charge in [-0.25, -0.2) is 19.2 Å². The van der Waals surface area contributed by atoms with Gasteiger partial charge in [0.15, 0.2) is 5.82 Å². The number of urea groups is 1. The van der Waals surface area contributed by atoms with Gasteiger partial charge in [-0.15, -0.1) is 11.3 Å². The van der Waals surface area contributed by atoms with Crippen molar-refractivity contribution in [3.63, 3.8) is 0 Å². The van der Waals surface area contributed by atoms with Crippen molar-refractivity contribution in [1.29, 1.82) is 0 Å². The standard InChI is InChI=1S/C21H15FN4OS/c1-23-20-19-17(12-28-18(19)9-10-24-20)13-5-7-15(8-6-13)25-21(27)26-16-4-2-3-14(22)11-16/h2-12H,1H2,(H2,25,26,27). The Morgan fingerprint density at radius 3 is 2.61 bits per heavy atom. The summed E-state index contributed by atoms with van der Waals surface area (Å²) >= 11 is 1.62. The van der Waals surface area contributed by atoms with Gasteiger partial charge in [0.05, 0.1) is 0 Å². The summed E-state index contributed by atoms with van der Waals surface area (Å²) in [5, 5.41) is 8.35. The van der Waals surface area contributed by atoms with E-state index < -0.39 is 11.8 Å². The van der Waals surface area contributed by atoms with Crippen LogP contribution in [0.15, 0.2) is 71.2 Å².